The predicted octanol–water partition coefficient (Wildman–Crippen LogP) is 2.78. The summed E-state index contributed by atoms with van der Waals surface area (Å²) < 4.78 is 1.53. The van der Waals surface area contributed by atoms with Gasteiger partial charge in [0.2, 0.25) is 0 Å². The second-order valence-corrected chi connectivity index (χ2v) is 5.79. The van der Waals surface area contributed by atoms with Crippen molar-refractivity contribution < 1.29 is 4.79 Å². The van der Waals surface area contributed by atoms with Gasteiger partial charge < -0.3 is 11.1 Å². The second-order valence-electron chi connectivity index (χ2n) is 5.79. The number of rotatable bonds is 4. The zero-order valence-electron chi connectivity index (χ0n) is 13.7. The van der Waals surface area contributed by atoms with Gasteiger partial charge in [0.1, 0.15) is 0 Å². The van der Waals surface area contributed by atoms with Gasteiger partial charge in [0, 0.05) is 5.69 Å². The van der Waals surface area contributed by atoms with Gasteiger partial charge in [0.25, 0.3) is 5.91 Å². The number of nitrogens with two attached hydrogens (primary N) is 1. The first-order valence-electron chi connectivity index (χ1n) is 7.65. The number of aryl methyl sites for hydroxylation is 2. The minimum atomic E-state index is -0.367. The highest BCUT2D eigenvalue weighted by atomic mass is 16.2. The zero-order chi connectivity index (χ0) is 17.1. The number of nitrogen functional groups attached to an aromatic ring is 1. The molecule has 6 heteroatoms. The van der Waals surface area contributed by atoms with Crippen LogP contribution in [-0.4, -0.2) is 20.9 Å². The minimum Gasteiger partial charge on any atom is -0.382 e. The molecule has 24 heavy (non-hydrogen) atoms. The molecule has 1 heterocycles. The van der Waals surface area contributed by atoms with Crippen LogP contribution in [0, 0.1) is 13.8 Å². The number of carbonyl (C=O) groups excluding carboxylic acids is 1. The molecule has 3 N–H and O–H groups in total. The molecule has 0 saturated heterocycles. The first-order valence-corrected chi connectivity index (χ1v) is 7.65. The SMILES string of the molecule is Cc1cccc(Cn2nnc(C(=O)Nc3cccc(C)c3)c2N)c1. The second kappa shape index (κ2) is 6.54. The van der Waals surface area contributed by atoms with E-state index in [2.05, 4.69) is 15.6 Å². The normalized spacial score (nSPS) is 10.6. The third kappa shape index (κ3) is 3.43. The quantitative estimate of drug-likeness (QED) is 0.773. The van der Waals surface area contributed by atoms with Gasteiger partial charge in [0.15, 0.2) is 11.5 Å². The lowest BCUT2D eigenvalue weighted by Gasteiger charge is -2.06. The molecule has 0 aliphatic carbocycles. The Morgan fingerprint density at radius 2 is 1.83 bits per heavy atom. The lowest BCUT2D eigenvalue weighted by Crippen LogP contribution is -2.15. The van der Waals surface area contributed by atoms with Gasteiger partial charge in [-0.2, -0.15) is 0 Å². The van der Waals surface area contributed by atoms with Crippen LogP contribution in [-0.2, 0) is 6.54 Å². The fourth-order valence-corrected chi connectivity index (χ4v) is 2.50. The van der Waals surface area contributed by atoms with E-state index in [1.807, 2.05) is 62.4 Å². The monoisotopic (exact) mass is 321 g/mol. The molecule has 0 unspecified atom stereocenters. The minimum absolute atomic E-state index is 0.129. The van der Waals surface area contributed by atoms with Crippen LogP contribution in [0.2, 0.25) is 0 Å². The molecule has 0 radical (unpaired) electrons. The van der Waals surface area contributed by atoms with Crippen molar-refractivity contribution in [2.75, 3.05) is 11.1 Å². The predicted molar refractivity (Wildman–Crippen MR) is 93.8 cm³/mol. The highest BCUT2D eigenvalue weighted by molar-refractivity contribution is 6.05. The third-order valence-electron chi connectivity index (χ3n) is 3.68. The number of nitrogens with zero attached hydrogens (tertiary/aromatic N) is 3. The topological polar surface area (TPSA) is 85.8 Å². The van der Waals surface area contributed by atoms with E-state index in [9.17, 15) is 4.79 Å². The van der Waals surface area contributed by atoms with Crippen LogP contribution in [0.1, 0.15) is 27.2 Å². The van der Waals surface area contributed by atoms with Gasteiger partial charge in [-0.25, -0.2) is 4.68 Å². The summed E-state index contributed by atoms with van der Waals surface area (Å²) in [5.74, 6) is -0.116. The van der Waals surface area contributed by atoms with Crippen molar-refractivity contribution in [2.45, 2.75) is 20.4 Å². The van der Waals surface area contributed by atoms with Crippen molar-refractivity contribution in [1.29, 1.82) is 0 Å². The maximum atomic E-state index is 12.4. The number of benzene rings is 2. The first-order chi connectivity index (χ1) is 11.5. The van der Waals surface area contributed by atoms with E-state index >= 15 is 0 Å². The maximum absolute atomic E-state index is 12.4. The molecule has 0 fully saturated rings. The third-order valence-corrected chi connectivity index (χ3v) is 3.68. The van der Waals surface area contributed by atoms with Crippen LogP contribution in [0.4, 0.5) is 11.5 Å². The average molecular weight is 321 g/mol. The summed E-state index contributed by atoms with van der Waals surface area (Å²) in [4.78, 5) is 12.4. The van der Waals surface area contributed by atoms with Gasteiger partial charge >= 0.3 is 0 Å². The fourth-order valence-electron chi connectivity index (χ4n) is 2.50. The van der Waals surface area contributed by atoms with Crippen molar-refractivity contribution in [2.24, 2.45) is 0 Å². The Labute approximate surface area is 140 Å². The molecule has 1 amide bonds. The highest BCUT2D eigenvalue weighted by Crippen LogP contribution is 2.15. The van der Waals surface area contributed by atoms with Crippen molar-refractivity contribution in [1.82, 2.24) is 15.0 Å². The molecule has 3 rings (SSSR count). The van der Waals surface area contributed by atoms with Crippen LogP contribution >= 0.6 is 0 Å². The molecule has 0 saturated carbocycles. The number of hydrogen-bond acceptors (Lipinski definition) is 4. The van der Waals surface area contributed by atoms with E-state index in [-0.39, 0.29) is 17.4 Å². The molecule has 6 nitrogen and oxygen atoms in total. The Balaban J connectivity index is 1.78. The Morgan fingerprint density at radius 1 is 1.12 bits per heavy atom. The van der Waals surface area contributed by atoms with Gasteiger partial charge in [-0.15, -0.1) is 5.10 Å². The number of carbonyl (C=O) groups is 1. The lowest BCUT2D eigenvalue weighted by atomic mass is 10.1. The zero-order valence-corrected chi connectivity index (χ0v) is 13.7. The molecule has 122 valence electrons. The Kier molecular flexibility index (Phi) is 4.29. The maximum Gasteiger partial charge on any atom is 0.280 e. The molecule has 2 aromatic carbocycles. The van der Waals surface area contributed by atoms with Crippen molar-refractivity contribution in [3.63, 3.8) is 0 Å². The Morgan fingerprint density at radius 3 is 2.54 bits per heavy atom. The van der Waals surface area contributed by atoms with Gasteiger partial charge in [0.05, 0.1) is 6.54 Å². The molecule has 1 aromatic heterocycles. The summed E-state index contributed by atoms with van der Waals surface area (Å²) in [5.41, 5.74) is 10.1. The molecule has 0 spiro atoms. The van der Waals surface area contributed by atoms with Crippen LogP contribution in [0.15, 0.2) is 48.5 Å². The van der Waals surface area contributed by atoms with Crippen molar-refractivity contribution >= 4 is 17.4 Å². The van der Waals surface area contributed by atoms with Crippen LogP contribution < -0.4 is 11.1 Å². The van der Waals surface area contributed by atoms with Crippen LogP contribution in [0.3, 0.4) is 0 Å². The van der Waals surface area contributed by atoms with Gasteiger partial charge in [-0.05, 0) is 37.1 Å². The summed E-state index contributed by atoms with van der Waals surface area (Å²) in [5, 5.41) is 10.7. The summed E-state index contributed by atoms with van der Waals surface area (Å²) in [7, 11) is 0. The molecule has 0 aliphatic rings. The summed E-state index contributed by atoms with van der Waals surface area (Å²) in [6.07, 6.45) is 0. The number of anilines is 2. The highest BCUT2D eigenvalue weighted by Gasteiger charge is 2.17. The number of amides is 1. The van der Waals surface area contributed by atoms with Crippen molar-refractivity contribution in [3.8, 4) is 0 Å². The van der Waals surface area contributed by atoms with Gasteiger partial charge in [-0.3, -0.25) is 4.79 Å². The molecule has 0 atom stereocenters. The summed E-state index contributed by atoms with van der Waals surface area (Å²) in [6.45, 7) is 4.45. The standard InChI is InChI=1S/C18H19N5O/c1-12-5-3-7-14(9-12)11-23-17(19)16(21-22-23)18(24)20-15-8-4-6-13(2)10-15/h3-10H,11,19H2,1-2H3,(H,20,24). The van der Waals surface area contributed by atoms with E-state index in [0.717, 1.165) is 16.7 Å². The van der Waals surface area contributed by atoms with E-state index in [1.165, 1.54) is 4.68 Å². The summed E-state index contributed by atoms with van der Waals surface area (Å²) in [6, 6.07) is 15.6. The first kappa shape index (κ1) is 15.7. The van der Waals surface area contributed by atoms with E-state index < -0.39 is 0 Å². The van der Waals surface area contributed by atoms with Crippen LogP contribution in [0.25, 0.3) is 0 Å². The Hall–Kier alpha value is -3.15. The Bertz CT molecular complexity index is 885. The molecule has 3 aromatic rings. The fraction of sp³-hybridized carbons (Fsp3) is 0.167. The number of nitrogens with one attached hydrogen (secondary N) is 1. The number of aromatic nitrogens is 3. The lowest BCUT2D eigenvalue weighted by molar-refractivity contribution is 0.102. The van der Waals surface area contributed by atoms with E-state index in [0.29, 0.717) is 12.2 Å². The van der Waals surface area contributed by atoms with E-state index in [4.69, 9.17) is 5.73 Å². The van der Waals surface area contributed by atoms with Gasteiger partial charge in [-0.1, -0.05) is 47.2 Å². The van der Waals surface area contributed by atoms with Crippen LogP contribution in [0.5, 0.6) is 0 Å². The average Bonchev–Trinajstić information content (AvgIpc) is 2.88. The molecular formula is C18H19N5O. The molecule has 0 aliphatic heterocycles. The molecule has 0 bridgehead atoms. The van der Waals surface area contributed by atoms with Crippen molar-refractivity contribution in [3.05, 3.63) is 70.9 Å². The smallest absolute Gasteiger partial charge is 0.280 e. The largest absolute Gasteiger partial charge is 0.382 e. The van der Waals surface area contributed by atoms with E-state index in [1.54, 1.807) is 0 Å². The summed E-state index contributed by atoms with van der Waals surface area (Å²) >= 11 is 0. The number of hydrogen-bond donors (Lipinski definition) is 2. The molecular weight excluding hydrogens is 302 g/mol.